The van der Waals surface area contributed by atoms with Crippen molar-refractivity contribution in [2.45, 2.75) is 33.4 Å². The summed E-state index contributed by atoms with van der Waals surface area (Å²) in [7, 11) is -2.36. The van der Waals surface area contributed by atoms with Gasteiger partial charge in [0.05, 0.1) is 21.3 Å². The molecule has 1 fully saturated rings. The molecular formula is C24H21Cl2F3N2O3S2. The van der Waals surface area contributed by atoms with E-state index in [-0.39, 0.29) is 15.6 Å². The maximum Gasteiger partial charge on any atom is 0.419 e. The lowest BCUT2D eigenvalue weighted by molar-refractivity contribution is -0.139. The smallest absolute Gasteiger partial charge is 0.419 e. The van der Waals surface area contributed by atoms with Crippen LogP contribution in [0, 0.1) is 0 Å². The number of alkyl halides is 3. The molecule has 1 unspecified atom stereocenters. The van der Waals surface area contributed by atoms with Gasteiger partial charge >= 0.3 is 6.18 Å². The van der Waals surface area contributed by atoms with Gasteiger partial charge in [0.25, 0.3) is 10.0 Å². The molecule has 192 valence electrons. The second-order valence-corrected chi connectivity index (χ2v) is 11.8. The van der Waals surface area contributed by atoms with E-state index in [1.54, 1.807) is 18.2 Å². The van der Waals surface area contributed by atoms with Gasteiger partial charge in [0, 0.05) is 28.9 Å². The third kappa shape index (κ3) is 6.41. The molecule has 1 N–H and O–H groups in total. The monoisotopic (exact) mass is 576 g/mol. The summed E-state index contributed by atoms with van der Waals surface area (Å²) in [4.78, 5) is 3.17. The minimum Gasteiger partial charge on any atom is -0.488 e. The van der Waals surface area contributed by atoms with Crippen LogP contribution in [0.15, 0.2) is 75.4 Å². The van der Waals surface area contributed by atoms with Crippen LogP contribution in [0.3, 0.4) is 0 Å². The maximum absolute atomic E-state index is 13.5. The summed E-state index contributed by atoms with van der Waals surface area (Å²) in [5, 5.41) is 0.499. The Bertz CT molecular complexity index is 1370. The van der Waals surface area contributed by atoms with E-state index < -0.39 is 33.6 Å². The van der Waals surface area contributed by atoms with Crippen LogP contribution in [0.25, 0.3) is 0 Å². The van der Waals surface area contributed by atoms with Crippen molar-refractivity contribution in [2.24, 2.45) is 0 Å². The van der Waals surface area contributed by atoms with Gasteiger partial charge in [-0.05, 0) is 55.9 Å². The quantitative estimate of drug-likeness (QED) is 0.326. The molecule has 1 heterocycles. The third-order valence-corrected chi connectivity index (χ3v) is 8.81. The van der Waals surface area contributed by atoms with Gasteiger partial charge in [-0.15, -0.1) is 0 Å². The van der Waals surface area contributed by atoms with E-state index in [1.165, 1.54) is 23.9 Å². The molecule has 0 saturated carbocycles. The van der Waals surface area contributed by atoms with Gasteiger partial charge in [0.15, 0.2) is 0 Å². The van der Waals surface area contributed by atoms with E-state index in [9.17, 15) is 21.6 Å². The van der Waals surface area contributed by atoms with Crippen LogP contribution >= 0.6 is 35.0 Å². The van der Waals surface area contributed by atoms with Gasteiger partial charge < -0.3 is 9.64 Å². The molecule has 0 amide bonds. The third-order valence-electron chi connectivity index (χ3n) is 5.44. The fourth-order valence-corrected chi connectivity index (χ4v) is 6.51. The van der Waals surface area contributed by atoms with E-state index in [0.29, 0.717) is 29.4 Å². The van der Waals surface area contributed by atoms with Crippen molar-refractivity contribution in [2.75, 3.05) is 24.9 Å². The zero-order valence-electron chi connectivity index (χ0n) is 18.9. The predicted octanol–water partition coefficient (Wildman–Crippen LogP) is 7.05. The van der Waals surface area contributed by atoms with Crippen LogP contribution in [0.1, 0.15) is 12.0 Å². The van der Waals surface area contributed by atoms with Gasteiger partial charge in [-0.25, -0.2) is 8.42 Å². The highest BCUT2D eigenvalue weighted by Gasteiger charge is 2.36. The highest BCUT2D eigenvalue weighted by molar-refractivity contribution is 7.99. The molecule has 0 radical (unpaired) electrons. The first-order valence-corrected chi connectivity index (χ1v) is 13.8. The Morgan fingerprint density at radius 3 is 2.44 bits per heavy atom. The standard InChI is InChI=1S/C24H21Cl2F3N2O3S2/c1-31-11-10-16(14-31)34-21-12-15(6-8-18(21)24(27,28)29)30-36(32,33)23-9-7-17(13-20(23)26)35-22-5-3-2-4-19(22)25/h2-9,12-13,16,30H,10-11,14H2,1H3. The van der Waals surface area contributed by atoms with Crippen LogP contribution < -0.4 is 9.46 Å². The molecule has 4 rings (SSSR count). The van der Waals surface area contributed by atoms with E-state index in [0.717, 1.165) is 23.1 Å². The van der Waals surface area contributed by atoms with Gasteiger partial charge in [0.1, 0.15) is 16.7 Å². The van der Waals surface area contributed by atoms with Gasteiger partial charge in [-0.1, -0.05) is 47.1 Å². The SMILES string of the molecule is CN1CCC(Oc2cc(NS(=O)(=O)c3ccc(Sc4ccccc4Cl)cc3Cl)ccc2C(F)(F)F)C1. The number of rotatable bonds is 7. The number of halogens is 5. The van der Waals surface area contributed by atoms with Gasteiger partial charge in [-0.2, -0.15) is 13.2 Å². The van der Waals surface area contributed by atoms with E-state index in [2.05, 4.69) is 4.72 Å². The van der Waals surface area contributed by atoms with Crippen LogP contribution in [-0.4, -0.2) is 39.6 Å². The molecule has 1 aliphatic rings. The Morgan fingerprint density at radius 1 is 1.06 bits per heavy atom. The number of likely N-dealkylation sites (N-methyl/N-ethyl adjacent to an activating group) is 1. The van der Waals surface area contributed by atoms with Crippen molar-refractivity contribution in [3.8, 4) is 5.75 Å². The van der Waals surface area contributed by atoms with Gasteiger partial charge in [0.2, 0.25) is 0 Å². The number of ether oxygens (including phenoxy) is 1. The molecule has 1 saturated heterocycles. The van der Waals surface area contributed by atoms with Crippen molar-refractivity contribution >= 4 is 50.7 Å². The second-order valence-electron chi connectivity index (χ2n) is 8.23. The molecule has 3 aromatic rings. The molecule has 5 nitrogen and oxygen atoms in total. The Kier molecular flexibility index (Phi) is 8.01. The number of hydrogen-bond donors (Lipinski definition) is 1. The number of sulfonamides is 1. The van der Waals surface area contributed by atoms with E-state index in [4.69, 9.17) is 27.9 Å². The molecular weight excluding hydrogens is 556 g/mol. The average molecular weight is 577 g/mol. The highest BCUT2D eigenvalue weighted by atomic mass is 35.5. The molecule has 36 heavy (non-hydrogen) atoms. The summed E-state index contributed by atoms with van der Waals surface area (Å²) in [6.07, 6.45) is -4.52. The lowest BCUT2D eigenvalue weighted by atomic mass is 10.1. The number of anilines is 1. The molecule has 0 bridgehead atoms. The number of nitrogens with zero attached hydrogens (tertiary/aromatic N) is 1. The predicted molar refractivity (Wildman–Crippen MR) is 136 cm³/mol. The Morgan fingerprint density at radius 2 is 1.81 bits per heavy atom. The topological polar surface area (TPSA) is 58.6 Å². The minimum absolute atomic E-state index is 0.0445. The Balaban J connectivity index is 1.57. The lowest BCUT2D eigenvalue weighted by Crippen LogP contribution is -2.23. The first-order chi connectivity index (χ1) is 16.9. The summed E-state index contributed by atoms with van der Waals surface area (Å²) in [5.41, 5.74) is -1.05. The van der Waals surface area contributed by atoms with Crippen LogP contribution in [-0.2, 0) is 16.2 Å². The normalized spacial score (nSPS) is 16.8. The molecule has 0 spiro atoms. The molecule has 1 atom stereocenters. The number of nitrogens with one attached hydrogen (secondary N) is 1. The van der Waals surface area contributed by atoms with Crippen LogP contribution in [0.2, 0.25) is 10.0 Å². The Hall–Kier alpha value is -2.11. The summed E-state index contributed by atoms with van der Waals surface area (Å²) in [6.45, 7) is 1.17. The average Bonchev–Trinajstić information content (AvgIpc) is 3.18. The van der Waals surface area contributed by atoms with Crippen molar-refractivity contribution in [1.82, 2.24) is 4.90 Å². The van der Waals surface area contributed by atoms with Crippen molar-refractivity contribution < 1.29 is 26.3 Å². The summed E-state index contributed by atoms with van der Waals surface area (Å²) in [6, 6.07) is 14.5. The summed E-state index contributed by atoms with van der Waals surface area (Å²) >= 11 is 13.8. The lowest BCUT2D eigenvalue weighted by Gasteiger charge is -2.19. The molecule has 3 aromatic carbocycles. The van der Waals surface area contributed by atoms with Gasteiger partial charge in [-0.3, -0.25) is 4.72 Å². The van der Waals surface area contributed by atoms with E-state index >= 15 is 0 Å². The fraction of sp³-hybridized carbons (Fsp3) is 0.250. The minimum atomic E-state index is -4.66. The molecule has 0 aromatic heterocycles. The molecule has 0 aliphatic carbocycles. The van der Waals surface area contributed by atoms with Crippen LogP contribution in [0.5, 0.6) is 5.75 Å². The summed E-state index contributed by atoms with van der Waals surface area (Å²) in [5.74, 6) is -0.430. The largest absolute Gasteiger partial charge is 0.488 e. The summed E-state index contributed by atoms with van der Waals surface area (Å²) < 4.78 is 74.7. The van der Waals surface area contributed by atoms with Crippen molar-refractivity contribution in [3.05, 3.63) is 76.3 Å². The maximum atomic E-state index is 13.5. The first kappa shape index (κ1) is 26.9. The first-order valence-electron chi connectivity index (χ1n) is 10.7. The van der Waals surface area contributed by atoms with E-state index in [1.807, 2.05) is 24.1 Å². The molecule has 12 heteroatoms. The highest BCUT2D eigenvalue weighted by Crippen LogP contribution is 2.40. The zero-order chi connectivity index (χ0) is 26.1. The number of likely N-dealkylation sites (tertiary alicyclic amines) is 1. The zero-order valence-corrected chi connectivity index (χ0v) is 22.0. The number of benzene rings is 3. The van der Waals surface area contributed by atoms with Crippen LogP contribution in [0.4, 0.5) is 18.9 Å². The van der Waals surface area contributed by atoms with Crippen molar-refractivity contribution in [1.29, 1.82) is 0 Å². The van der Waals surface area contributed by atoms with Crippen molar-refractivity contribution in [3.63, 3.8) is 0 Å². The fourth-order valence-electron chi connectivity index (χ4n) is 3.72. The second kappa shape index (κ2) is 10.7. The Labute approximate surface area is 221 Å². The number of hydrogen-bond acceptors (Lipinski definition) is 5. The molecule has 1 aliphatic heterocycles.